The van der Waals surface area contributed by atoms with Gasteiger partial charge in [-0.25, -0.2) is 13.8 Å². The summed E-state index contributed by atoms with van der Waals surface area (Å²) in [6.45, 7) is 1.37. The van der Waals surface area contributed by atoms with E-state index in [1.807, 2.05) is 6.92 Å². The summed E-state index contributed by atoms with van der Waals surface area (Å²) in [4.78, 5) is 15.8. The lowest BCUT2D eigenvalue weighted by Gasteiger charge is -2.28. The van der Waals surface area contributed by atoms with Crippen molar-refractivity contribution in [2.24, 2.45) is 0 Å². The summed E-state index contributed by atoms with van der Waals surface area (Å²) in [5.74, 6) is -4.82. The van der Waals surface area contributed by atoms with Gasteiger partial charge in [0.1, 0.15) is 0 Å². The van der Waals surface area contributed by atoms with Crippen LogP contribution in [-0.4, -0.2) is 48.5 Å². The number of ether oxygens (including phenoxy) is 1. The van der Waals surface area contributed by atoms with E-state index in [0.29, 0.717) is 6.04 Å². The Hall–Kier alpha value is -1.61. The number of halogens is 5. The third-order valence-electron chi connectivity index (χ3n) is 3.69. The highest BCUT2D eigenvalue weighted by atomic mass is 35.5. The molecule has 0 saturated carbocycles. The van der Waals surface area contributed by atoms with Crippen LogP contribution in [0, 0.1) is 0 Å². The third-order valence-corrected chi connectivity index (χ3v) is 3.69. The van der Waals surface area contributed by atoms with E-state index in [0.717, 1.165) is 25.6 Å². The van der Waals surface area contributed by atoms with Crippen molar-refractivity contribution in [2.45, 2.75) is 44.2 Å². The molecule has 0 radical (unpaired) electrons. The van der Waals surface area contributed by atoms with E-state index in [-0.39, 0.29) is 35.8 Å². The average molecular weight is 386 g/mol. The molecule has 5 nitrogen and oxygen atoms in total. The number of rotatable bonds is 6. The summed E-state index contributed by atoms with van der Waals surface area (Å²) in [5.41, 5.74) is 0.245. The molecular formula is C15H20ClF4N3O2. The molecule has 2 unspecified atom stereocenters. The van der Waals surface area contributed by atoms with Crippen molar-refractivity contribution in [3.8, 4) is 5.88 Å². The summed E-state index contributed by atoms with van der Waals surface area (Å²) in [6.07, 6.45) is -1.03. The number of piperidine rings is 1. The number of carbonyl (C=O) groups excluding carboxylic acids is 1. The molecule has 0 aromatic carbocycles. The largest absolute Gasteiger partial charge is 0.471 e. The van der Waals surface area contributed by atoms with Gasteiger partial charge in [-0.3, -0.25) is 4.79 Å². The van der Waals surface area contributed by atoms with Gasteiger partial charge in [0, 0.05) is 24.3 Å². The fraction of sp³-hybridized carbons (Fsp3) is 0.600. The van der Waals surface area contributed by atoms with Crippen molar-refractivity contribution < 1.29 is 27.1 Å². The first-order valence-corrected chi connectivity index (χ1v) is 7.57. The molecule has 1 amide bonds. The van der Waals surface area contributed by atoms with Crippen molar-refractivity contribution in [2.75, 3.05) is 13.2 Å². The lowest BCUT2D eigenvalue weighted by atomic mass is 10.0. The molecular weight excluding hydrogens is 366 g/mol. The molecule has 1 aromatic heterocycles. The minimum Gasteiger partial charge on any atom is -0.471 e. The standard InChI is InChI=1S/C15H19F4N3O2.ClH/c1-9-6-11(4-5-20-9)22-13(23)10-2-3-12(21-7-10)24-8-15(18,19)14(16)17;/h2-3,7,9,11,14,20H,4-6,8H2,1H3,(H,22,23);1H. The lowest BCUT2D eigenvalue weighted by Crippen LogP contribution is -2.46. The fourth-order valence-corrected chi connectivity index (χ4v) is 2.36. The minimum absolute atomic E-state index is 0. The van der Waals surface area contributed by atoms with E-state index >= 15 is 0 Å². The second kappa shape index (κ2) is 9.19. The number of amides is 1. The van der Waals surface area contributed by atoms with Crippen LogP contribution in [0.3, 0.4) is 0 Å². The normalized spacial score (nSPS) is 20.7. The molecule has 142 valence electrons. The van der Waals surface area contributed by atoms with Crippen LogP contribution in [0.5, 0.6) is 5.88 Å². The smallest absolute Gasteiger partial charge is 0.340 e. The maximum absolute atomic E-state index is 12.8. The van der Waals surface area contributed by atoms with Gasteiger partial charge in [-0.1, -0.05) is 0 Å². The molecule has 2 atom stereocenters. The number of carbonyl (C=O) groups is 1. The Morgan fingerprint density at radius 1 is 1.48 bits per heavy atom. The van der Waals surface area contributed by atoms with Gasteiger partial charge in [-0.15, -0.1) is 12.4 Å². The van der Waals surface area contributed by atoms with Crippen LogP contribution in [0.25, 0.3) is 0 Å². The van der Waals surface area contributed by atoms with E-state index in [9.17, 15) is 22.4 Å². The first-order chi connectivity index (χ1) is 11.3. The number of hydrogen-bond donors (Lipinski definition) is 2. The Balaban J connectivity index is 0.00000312. The molecule has 2 N–H and O–H groups in total. The Morgan fingerprint density at radius 2 is 2.20 bits per heavy atom. The molecule has 25 heavy (non-hydrogen) atoms. The maximum atomic E-state index is 12.8. The van der Waals surface area contributed by atoms with Crippen molar-refractivity contribution >= 4 is 18.3 Å². The molecule has 1 aromatic rings. The van der Waals surface area contributed by atoms with Gasteiger partial charge in [-0.2, -0.15) is 8.78 Å². The van der Waals surface area contributed by atoms with Crippen molar-refractivity contribution in [3.63, 3.8) is 0 Å². The molecule has 2 rings (SSSR count). The number of nitrogens with one attached hydrogen (secondary N) is 2. The zero-order valence-corrected chi connectivity index (χ0v) is 14.3. The topological polar surface area (TPSA) is 63.2 Å². The van der Waals surface area contributed by atoms with Gasteiger partial charge in [0.15, 0.2) is 6.61 Å². The van der Waals surface area contributed by atoms with Crippen molar-refractivity contribution in [1.29, 1.82) is 0 Å². The van der Waals surface area contributed by atoms with Crippen LogP contribution in [0.1, 0.15) is 30.1 Å². The molecule has 0 bridgehead atoms. The van der Waals surface area contributed by atoms with E-state index in [2.05, 4.69) is 20.4 Å². The van der Waals surface area contributed by atoms with Crippen LogP contribution in [-0.2, 0) is 0 Å². The monoisotopic (exact) mass is 385 g/mol. The predicted octanol–water partition coefficient (Wildman–Crippen LogP) is 2.65. The molecule has 0 aliphatic carbocycles. The van der Waals surface area contributed by atoms with Crippen molar-refractivity contribution in [1.82, 2.24) is 15.6 Å². The highest BCUT2D eigenvalue weighted by Crippen LogP contribution is 2.23. The third kappa shape index (κ3) is 6.32. The highest BCUT2D eigenvalue weighted by Gasteiger charge is 2.41. The van der Waals surface area contributed by atoms with E-state index in [1.54, 1.807) is 0 Å². The molecule has 1 aliphatic rings. The van der Waals surface area contributed by atoms with Gasteiger partial charge in [0.25, 0.3) is 5.91 Å². The van der Waals surface area contributed by atoms with Crippen LogP contribution in [0.15, 0.2) is 18.3 Å². The summed E-state index contributed by atoms with van der Waals surface area (Å²) in [6, 6.07) is 2.91. The first kappa shape index (κ1) is 21.4. The Morgan fingerprint density at radius 3 is 2.76 bits per heavy atom. The predicted molar refractivity (Wildman–Crippen MR) is 85.9 cm³/mol. The number of nitrogens with zero attached hydrogens (tertiary/aromatic N) is 1. The van der Waals surface area contributed by atoms with Crippen molar-refractivity contribution in [3.05, 3.63) is 23.9 Å². The van der Waals surface area contributed by atoms with Gasteiger partial charge < -0.3 is 15.4 Å². The minimum atomic E-state index is -4.25. The summed E-state index contributed by atoms with van der Waals surface area (Å²) in [5, 5.41) is 6.15. The zero-order chi connectivity index (χ0) is 17.7. The molecule has 1 aliphatic heterocycles. The zero-order valence-electron chi connectivity index (χ0n) is 13.5. The molecule has 0 spiro atoms. The second-order valence-electron chi connectivity index (χ2n) is 5.79. The first-order valence-electron chi connectivity index (χ1n) is 7.57. The number of pyridine rings is 1. The number of hydrogen-bond acceptors (Lipinski definition) is 4. The van der Waals surface area contributed by atoms with Gasteiger partial charge in [-0.05, 0) is 32.4 Å². The Bertz CT molecular complexity index is 560. The lowest BCUT2D eigenvalue weighted by molar-refractivity contribution is -0.148. The number of alkyl halides is 4. The summed E-state index contributed by atoms with van der Waals surface area (Å²) < 4.78 is 54.1. The second-order valence-corrected chi connectivity index (χ2v) is 5.79. The van der Waals surface area contributed by atoms with Crippen LogP contribution >= 0.6 is 12.4 Å². The molecule has 1 fully saturated rings. The maximum Gasteiger partial charge on any atom is 0.340 e. The van der Waals surface area contributed by atoms with Crippen LogP contribution < -0.4 is 15.4 Å². The van der Waals surface area contributed by atoms with Gasteiger partial charge >= 0.3 is 12.3 Å². The van der Waals surface area contributed by atoms with E-state index in [4.69, 9.17) is 0 Å². The molecule has 2 heterocycles. The Labute approximate surface area is 148 Å². The molecule has 10 heteroatoms. The summed E-state index contributed by atoms with van der Waals surface area (Å²) >= 11 is 0. The highest BCUT2D eigenvalue weighted by molar-refractivity contribution is 5.94. The average Bonchev–Trinajstić information content (AvgIpc) is 2.53. The quantitative estimate of drug-likeness (QED) is 0.739. The fourth-order valence-electron chi connectivity index (χ4n) is 2.36. The molecule has 1 saturated heterocycles. The van der Waals surface area contributed by atoms with Crippen LogP contribution in [0.4, 0.5) is 17.6 Å². The Kier molecular flexibility index (Phi) is 7.88. The van der Waals surface area contributed by atoms with Gasteiger partial charge in [0.05, 0.1) is 5.56 Å². The van der Waals surface area contributed by atoms with E-state index < -0.39 is 19.0 Å². The summed E-state index contributed by atoms with van der Waals surface area (Å²) in [7, 11) is 0. The number of aromatic nitrogens is 1. The van der Waals surface area contributed by atoms with Gasteiger partial charge in [0.2, 0.25) is 5.88 Å². The van der Waals surface area contributed by atoms with E-state index in [1.165, 1.54) is 12.1 Å². The van der Waals surface area contributed by atoms with Crippen LogP contribution in [0.2, 0.25) is 0 Å². The SMILES string of the molecule is CC1CC(NC(=O)c2ccc(OCC(F)(F)C(F)F)nc2)CCN1.Cl.